The molecule has 1 aromatic carbocycles. The number of ether oxygens (including phenoxy) is 1. The molecular formula is C24H27N5O2. The van der Waals surface area contributed by atoms with Crippen molar-refractivity contribution in [3.63, 3.8) is 0 Å². The smallest absolute Gasteiger partial charge is 0.271 e. The third-order valence-electron chi connectivity index (χ3n) is 6.10. The summed E-state index contributed by atoms with van der Waals surface area (Å²) in [6, 6.07) is 8.75. The Labute approximate surface area is 183 Å². The molecule has 1 N–H and O–H groups in total. The van der Waals surface area contributed by atoms with E-state index in [1.807, 2.05) is 53.7 Å². The summed E-state index contributed by atoms with van der Waals surface area (Å²) in [5, 5.41) is 21.5. The van der Waals surface area contributed by atoms with Crippen molar-refractivity contribution < 1.29 is 9.53 Å². The fraction of sp³-hybridized carbons (Fsp3) is 0.458. The van der Waals surface area contributed by atoms with Gasteiger partial charge in [0.25, 0.3) is 5.91 Å². The highest BCUT2D eigenvalue weighted by Crippen LogP contribution is 2.55. The molecule has 1 fully saturated rings. The maximum atomic E-state index is 12.8. The van der Waals surface area contributed by atoms with E-state index in [0.717, 1.165) is 5.69 Å². The van der Waals surface area contributed by atoms with Crippen LogP contribution in [0.3, 0.4) is 0 Å². The van der Waals surface area contributed by atoms with Crippen LogP contribution >= 0.6 is 0 Å². The Kier molecular flexibility index (Phi) is 5.74. The number of hydrogen-bond donors (Lipinski definition) is 1. The van der Waals surface area contributed by atoms with Crippen molar-refractivity contribution in [2.45, 2.75) is 59.6 Å². The number of carbonyl (C=O) groups excluding carboxylic acids is 1. The molecule has 3 rings (SSSR count). The lowest BCUT2D eigenvalue weighted by Gasteiger charge is -2.63. The van der Waals surface area contributed by atoms with Crippen molar-refractivity contribution in [1.29, 1.82) is 10.5 Å². The van der Waals surface area contributed by atoms with Gasteiger partial charge in [-0.3, -0.25) is 9.78 Å². The Bertz CT molecular complexity index is 1060. The lowest BCUT2D eigenvalue weighted by Crippen LogP contribution is -2.74. The lowest BCUT2D eigenvalue weighted by molar-refractivity contribution is -0.164. The normalized spacial score (nSPS) is 20.8. The van der Waals surface area contributed by atoms with Gasteiger partial charge in [-0.2, -0.15) is 10.5 Å². The molecule has 0 atom stereocenters. The number of benzene rings is 1. The largest absolute Gasteiger partial charge is 0.489 e. The van der Waals surface area contributed by atoms with E-state index in [2.05, 4.69) is 15.3 Å². The van der Waals surface area contributed by atoms with Crippen LogP contribution in [0.5, 0.6) is 5.75 Å². The monoisotopic (exact) mass is 417 g/mol. The fourth-order valence-corrected chi connectivity index (χ4v) is 4.68. The summed E-state index contributed by atoms with van der Waals surface area (Å²) in [6.07, 6.45) is 2.94. The first-order valence-electron chi connectivity index (χ1n) is 10.3. The maximum Gasteiger partial charge on any atom is 0.271 e. The van der Waals surface area contributed by atoms with Crippen molar-refractivity contribution in [3.8, 4) is 17.9 Å². The van der Waals surface area contributed by atoms with Gasteiger partial charge in [0.2, 0.25) is 0 Å². The predicted octanol–water partition coefficient (Wildman–Crippen LogP) is 3.96. The van der Waals surface area contributed by atoms with Crippen molar-refractivity contribution in [1.82, 2.24) is 15.3 Å². The van der Waals surface area contributed by atoms with Gasteiger partial charge in [-0.1, -0.05) is 41.5 Å². The standard InChI is InChI=1S/C24H27N5O2/c1-14(2)18-12-28-19(13-27-18)20(30)29-21-23(3,4)22(24(21,5)6)31-17-8-7-15(10-25)16(9-17)11-26/h7-9,12-14,21-22H,1-6H3,(H,29,30). The highest BCUT2D eigenvalue weighted by atomic mass is 16.5. The molecule has 1 saturated carbocycles. The molecule has 0 aliphatic heterocycles. The van der Waals surface area contributed by atoms with E-state index < -0.39 is 0 Å². The minimum atomic E-state index is -0.370. The molecule has 1 aliphatic carbocycles. The van der Waals surface area contributed by atoms with Crippen LogP contribution in [0.25, 0.3) is 0 Å². The third kappa shape index (κ3) is 3.96. The van der Waals surface area contributed by atoms with E-state index in [1.165, 1.54) is 6.20 Å². The van der Waals surface area contributed by atoms with E-state index >= 15 is 0 Å². The van der Waals surface area contributed by atoms with Crippen LogP contribution in [0.2, 0.25) is 0 Å². The van der Waals surface area contributed by atoms with Crippen molar-refractivity contribution >= 4 is 5.91 Å². The Morgan fingerprint density at radius 3 is 2.23 bits per heavy atom. The molecule has 160 valence electrons. The summed E-state index contributed by atoms with van der Waals surface area (Å²) in [4.78, 5) is 21.4. The average Bonchev–Trinajstić information content (AvgIpc) is 2.74. The van der Waals surface area contributed by atoms with Crippen molar-refractivity contribution in [2.75, 3.05) is 0 Å². The molecule has 7 heteroatoms. The van der Waals surface area contributed by atoms with Crippen LogP contribution in [-0.4, -0.2) is 28.0 Å². The van der Waals surface area contributed by atoms with Crippen LogP contribution in [0.4, 0.5) is 0 Å². The zero-order valence-electron chi connectivity index (χ0n) is 18.7. The van der Waals surface area contributed by atoms with E-state index in [4.69, 9.17) is 10.00 Å². The van der Waals surface area contributed by atoms with E-state index in [9.17, 15) is 10.1 Å². The number of nitrogens with one attached hydrogen (secondary N) is 1. The van der Waals surface area contributed by atoms with Crippen LogP contribution in [0.1, 0.15) is 74.8 Å². The Hall–Kier alpha value is -3.45. The van der Waals surface area contributed by atoms with Gasteiger partial charge in [0, 0.05) is 23.1 Å². The number of hydrogen-bond acceptors (Lipinski definition) is 6. The second-order valence-electron chi connectivity index (χ2n) is 9.46. The number of amides is 1. The van der Waals surface area contributed by atoms with Crippen LogP contribution in [-0.2, 0) is 0 Å². The molecule has 2 aromatic rings. The van der Waals surface area contributed by atoms with E-state index in [-0.39, 0.29) is 46.1 Å². The maximum absolute atomic E-state index is 12.8. The SMILES string of the molecule is CC(C)c1cnc(C(=O)NC2C(C)(C)C(Oc3ccc(C#N)c(C#N)c3)C2(C)C)cn1. The summed E-state index contributed by atoms with van der Waals surface area (Å²) in [5.41, 5.74) is 0.982. The molecule has 0 bridgehead atoms. The second kappa shape index (κ2) is 8.00. The van der Waals surface area contributed by atoms with Crippen molar-refractivity contribution in [3.05, 3.63) is 53.1 Å². The zero-order valence-corrected chi connectivity index (χ0v) is 18.7. The van der Waals surface area contributed by atoms with Gasteiger partial charge in [0.1, 0.15) is 29.7 Å². The van der Waals surface area contributed by atoms with Gasteiger partial charge >= 0.3 is 0 Å². The molecule has 0 unspecified atom stereocenters. The second-order valence-corrected chi connectivity index (χ2v) is 9.46. The number of rotatable bonds is 5. The summed E-state index contributed by atoms with van der Waals surface area (Å²) in [7, 11) is 0. The summed E-state index contributed by atoms with van der Waals surface area (Å²) >= 11 is 0. The molecular weight excluding hydrogens is 390 g/mol. The Morgan fingerprint density at radius 1 is 1.06 bits per heavy atom. The van der Waals surface area contributed by atoms with Gasteiger partial charge < -0.3 is 10.1 Å². The molecule has 1 aliphatic rings. The quantitative estimate of drug-likeness (QED) is 0.788. The van der Waals surface area contributed by atoms with Crippen molar-refractivity contribution in [2.24, 2.45) is 10.8 Å². The third-order valence-corrected chi connectivity index (χ3v) is 6.10. The Balaban J connectivity index is 1.76. The average molecular weight is 418 g/mol. The fourth-order valence-electron chi connectivity index (χ4n) is 4.68. The molecule has 0 radical (unpaired) electrons. The zero-order chi connectivity index (χ0) is 23.0. The number of carbonyl (C=O) groups is 1. The number of nitriles is 2. The molecule has 1 amide bonds. The molecule has 7 nitrogen and oxygen atoms in total. The highest BCUT2D eigenvalue weighted by molar-refractivity contribution is 5.92. The van der Waals surface area contributed by atoms with Gasteiger partial charge in [-0.25, -0.2) is 4.98 Å². The Morgan fingerprint density at radius 2 is 1.71 bits per heavy atom. The molecule has 31 heavy (non-hydrogen) atoms. The van der Waals surface area contributed by atoms with Gasteiger partial charge in [-0.15, -0.1) is 0 Å². The molecule has 0 spiro atoms. The van der Waals surface area contributed by atoms with Crippen LogP contribution in [0, 0.1) is 33.5 Å². The van der Waals surface area contributed by atoms with E-state index in [1.54, 1.807) is 24.4 Å². The first-order valence-corrected chi connectivity index (χ1v) is 10.3. The first-order chi connectivity index (χ1) is 14.5. The first kappa shape index (κ1) is 22.2. The van der Waals surface area contributed by atoms with E-state index in [0.29, 0.717) is 11.3 Å². The van der Waals surface area contributed by atoms with Crippen LogP contribution < -0.4 is 10.1 Å². The minimum Gasteiger partial charge on any atom is -0.489 e. The van der Waals surface area contributed by atoms with Gasteiger partial charge in [-0.05, 0) is 24.1 Å². The minimum absolute atomic E-state index is 0.155. The van der Waals surface area contributed by atoms with Gasteiger partial charge in [0.05, 0.1) is 23.0 Å². The molecule has 0 saturated heterocycles. The molecule has 1 aromatic heterocycles. The van der Waals surface area contributed by atoms with Crippen LogP contribution in [0.15, 0.2) is 30.6 Å². The van der Waals surface area contributed by atoms with Gasteiger partial charge in [0.15, 0.2) is 0 Å². The number of aromatic nitrogens is 2. The topological polar surface area (TPSA) is 112 Å². The lowest BCUT2D eigenvalue weighted by atomic mass is 9.49. The highest BCUT2D eigenvalue weighted by Gasteiger charge is 2.64. The molecule has 1 heterocycles. The summed E-state index contributed by atoms with van der Waals surface area (Å²) < 4.78 is 6.24. The summed E-state index contributed by atoms with van der Waals surface area (Å²) in [6.45, 7) is 12.2. The summed E-state index contributed by atoms with van der Waals surface area (Å²) in [5.74, 6) is 0.509. The predicted molar refractivity (Wildman–Crippen MR) is 115 cm³/mol. The number of nitrogens with zero attached hydrogens (tertiary/aromatic N) is 4.